The quantitative estimate of drug-likeness (QED) is 0.850. The topological polar surface area (TPSA) is 71.2 Å². The third kappa shape index (κ3) is 3.85. The summed E-state index contributed by atoms with van der Waals surface area (Å²) in [6.45, 7) is 5.28. The Kier molecular flexibility index (Phi) is 4.55. The average Bonchev–Trinajstić information content (AvgIpc) is 2.39. The fourth-order valence-electron chi connectivity index (χ4n) is 1.91. The van der Waals surface area contributed by atoms with Crippen LogP contribution < -0.4 is 10.9 Å². The van der Waals surface area contributed by atoms with Gasteiger partial charge in [0.2, 0.25) is 0 Å². The summed E-state index contributed by atoms with van der Waals surface area (Å²) in [4.78, 5) is 26.2. The first-order valence-electron chi connectivity index (χ1n) is 6.64. The molecule has 0 atom stereocenters. The van der Waals surface area contributed by atoms with E-state index in [-0.39, 0.29) is 21.8 Å². The Morgan fingerprint density at radius 3 is 2.68 bits per heavy atom. The molecule has 22 heavy (non-hydrogen) atoms. The molecule has 7 heteroatoms. The molecule has 0 aliphatic carbocycles. The van der Waals surface area contributed by atoms with Crippen LogP contribution in [0.1, 0.15) is 26.5 Å². The van der Waals surface area contributed by atoms with Gasteiger partial charge in [-0.1, -0.05) is 0 Å². The van der Waals surface area contributed by atoms with Crippen molar-refractivity contribution in [1.29, 1.82) is 0 Å². The third-order valence-corrected chi connectivity index (χ3v) is 3.40. The number of rotatable bonds is 2. The number of benzene rings is 1. The van der Waals surface area contributed by atoms with Gasteiger partial charge in [-0.05, 0) is 54.9 Å². The molecule has 1 aromatic heterocycles. The number of aromatic amines is 1. The Balaban J connectivity index is 2.24. The highest BCUT2D eigenvalue weighted by atomic mass is 79.9. The molecule has 0 radical (unpaired) electrons. The molecule has 1 aromatic carbocycles. The first-order valence-corrected chi connectivity index (χ1v) is 7.43. The summed E-state index contributed by atoms with van der Waals surface area (Å²) in [5.74, 6) is -0.512. The van der Waals surface area contributed by atoms with Gasteiger partial charge >= 0.3 is 6.09 Å². The van der Waals surface area contributed by atoms with Crippen molar-refractivity contribution < 1.29 is 13.9 Å². The Morgan fingerprint density at radius 1 is 1.36 bits per heavy atom. The van der Waals surface area contributed by atoms with E-state index >= 15 is 0 Å². The van der Waals surface area contributed by atoms with E-state index in [0.717, 1.165) is 0 Å². The second-order valence-corrected chi connectivity index (χ2v) is 6.66. The maximum absolute atomic E-state index is 14.1. The van der Waals surface area contributed by atoms with Crippen LogP contribution >= 0.6 is 15.9 Å². The van der Waals surface area contributed by atoms with Crippen molar-refractivity contribution in [3.05, 3.63) is 44.5 Å². The lowest BCUT2D eigenvalue weighted by Gasteiger charge is -2.19. The van der Waals surface area contributed by atoms with E-state index in [0.29, 0.717) is 5.69 Å². The van der Waals surface area contributed by atoms with Crippen LogP contribution in [-0.2, 0) is 11.3 Å². The molecule has 2 aromatic rings. The zero-order chi connectivity index (χ0) is 16.5. The van der Waals surface area contributed by atoms with E-state index in [1.807, 2.05) is 0 Å². The number of carbonyl (C=O) groups is 1. The molecular formula is C15H16BrFN2O3. The van der Waals surface area contributed by atoms with Crippen molar-refractivity contribution in [3.63, 3.8) is 0 Å². The van der Waals surface area contributed by atoms with Gasteiger partial charge in [0.15, 0.2) is 0 Å². The van der Waals surface area contributed by atoms with Crippen molar-refractivity contribution in [2.45, 2.75) is 32.9 Å². The van der Waals surface area contributed by atoms with Crippen LogP contribution in [0, 0.1) is 5.82 Å². The molecule has 0 unspecified atom stereocenters. The van der Waals surface area contributed by atoms with Gasteiger partial charge in [-0.2, -0.15) is 0 Å². The van der Waals surface area contributed by atoms with Crippen LogP contribution in [0.3, 0.4) is 0 Å². The van der Waals surface area contributed by atoms with E-state index in [2.05, 4.69) is 26.2 Å². The highest BCUT2D eigenvalue weighted by molar-refractivity contribution is 9.10. The predicted octanol–water partition coefficient (Wildman–Crippen LogP) is 3.45. The fraction of sp³-hybridized carbons (Fsp3) is 0.333. The highest BCUT2D eigenvalue weighted by Crippen LogP contribution is 2.23. The number of halogens is 2. The number of amides is 1. The molecule has 1 amide bonds. The normalized spacial score (nSPS) is 11.5. The van der Waals surface area contributed by atoms with Gasteiger partial charge in [-0.3, -0.25) is 4.79 Å². The molecule has 0 saturated heterocycles. The molecule has 0 aliphatic rings. The molecule has 0 fully saturated rings. The van der Waals surface area contributed by atoms with Crippen LogP contribution in [-0.4, -0.2) is 16.7 Å². The highest BCUT2D eigenvalue weighted by Gasteiger charge is 2.16. The molecular weight excluding hydrogens is 355 g/mol. The minimum absolute atomic E-state index is 0.0338. The van der Waals surface area contributed by atoms with E-state index < -0.39 is 23.1 Å². The standard InChI is InChI=1S/C15H16BrFN2O3/c1-15(2,3)22-14(21)18-7-8-6-10-9(13(20)19-8)4-5-11(16)12(10)17/h4-6H,7H2,1-3H3,(H,18,21)(H,19,20). The Labute approximate surface area is 135 Å². The van der Waals surface area contributed by atoms with E-state index in [4.69, 9.17) is 4.74 Å². The van der Waals surface area contributed by atoms with E-state index in [1.54, 1.807) is 20.8 Å². The van der Waals surface area contributed by atoms with Gasteiger partial charge in [-0.25, -0.2) is 9.18 Å². The van der Waals surface area contributed by atoms with Gasteiger partial charge in [0.05, 0.1) is 11.0 Å². The largest absolute Gasteiger partial charge is 0.444 e. The molecule has 0 aliphatic heterocycles. The monoisotopic (exact) mass is 370 g/mol. The number of pyridine rings is 1. The smallest absolute Gasteiger partial charge is 0.407 e. The second-order valence-electron chi connectivity index (χ2n) is 5.80. The van der Waals surface area contributed by atoms with Gasteiger partial charge in [0.25, 0.3) is 5.56 Å². The molecule has 5 nitrogen and oxygen atoms in total. The number of fused-ring (bicyclic) bond motifs is 1. The molecule has 0 bridgehead atoms. The van der Waals surface area contributed by atoms with Gasteiger partial charge in [0, 0.05) is 16.5 Å². The molecule has 1 heterocycles. The second kappa shape index (κ2) is 6.08. The third-order valence-electron chi connectivity index (χ3n) is 2.79. The lowest BCUT2D eigenvalue weighted by molar-refractivity contribution is 0.0523. The zero-order valence-corrected chi connectivity index (χ0v) is 14.0. The Hall–Kier alpha value is -1.89. The maximum Gasteiger partial charge on any atom is 0.407 e. The van der Waals surface area contributed by atoms with Crippen LogP contribution in [0.15, 0.2) is 27.5 Å². The van der Waals surface area contributed by atoms with Crippen LogP contribution in [0.4, 0.5) is 9.18 Å². The SMILES string of the molecule is CC(C)(C)OC(=O)NCc1cc2c(F)c(Br)ccc2c(=O)[nH]1. The fourth-order valence-corrected chi connectivity index (χ4v) is 2.25. The summed E-state index contributed by atoms with van der Waals surface area (Å²) in [7, 11) is 0. The summed E-state index contributed by atoms with van der Waals surface area (Å²) in [5, 5.41) is 2.96. The minimum atomic E-state index is -0.613. The Morgan fingerprint density at radius 2 is 2.05 bits per heavy atom. The molecule has 2 rings (SSSR count). The van der Waals surface area contributed by atoms with Crippen LogP contribution in [0.2, 0.25) is 0 Å². The average molecular weight is 371 g/mol. The maximum atomic E-state index is 14.1. The summed E-state index contributed by atoms with van der Waals surface area (Å²) < 4.78 is 19.4. The van der Waals surface area contributed by atoms with Crippen molar-refractivity contribution in [1.82, 2.24) is 10.3 Å². The van der Waals surface area contributed by atoms with E-state index in [1.165, 1.54) is 18.2 Å². The van der Waals surface area contributed by atoms with Crippen molar-refractivity contribution in [2.75, 3.05) is 0 Å². The minimum Gasteiger partial charge on any atom is -0.444 e. The number of aromatic nitrogens is 1. The number of alkyl carbamates (subject to hydrolysis) is 1. The van der Waals surface area contributed by atoms with Crippen LogP contribution in [0.5, 0.6) is 0 Å². The summed E-state index contributed by atoms with van der Waals surface area (Å²) in [6, 6.07) is 4.51. The summed E-state index contributed by atoms with van der Waals surface area (Å²) in [6.07, 6.45) is -0.608. The zero-order valence-electron chi connectivity index (χ0n) is 12.4. The Bertz CT molecular complexity index is 781. The number of H-pyrrole nitrogens is 1. The first kappa shape index (κ1) is 16.5. The summed E-state index contributed by atoms with van der Waals surface area (Å²) in [5.41, 5.74) is -0.636. The molecule has 0 saturated carbocycles. The van der Waals surface area contributed by atoms with Crippen LogP contribution in [0.25, 0.3) is 10.8 Å². The number of ether oxygens (including phenoxy) is 1. The number of hydrogen-bond donors (Lipinski definition) is 2. The first-order chi connectivity index (χ1) is 10.2. The van der Waals surface area contributed by atoms with Crippen molar-refractivity contribution in [2.24, 2.45) is 0 Å². The van der Waals surface area contributed by atoms with Gasteiger partial charge in [-0.15, -0.1) is 0 Å². The lowest BCUT2D eigenvalue weighted by atomic mass is 10.1. The molecule has 2 N–H and O–H groups in total. The van der Waals surface area contributed by atoms with E-state index in [9.17, 15) is 14.0 Å². The number of hydrogen-bond acceptors (Lipinski definition) is 3. The molecule has 0 spiro atoms. The van der Waals surface area contributed by atoms with Gasteiger partial charge in [0.1, 0.15) is 11.4 Å². The summed E-state index contributed by atoms with van der Waals surface area (Å²) >= 11 is 3.08. The predicted molar refractivity (Wildman–Crippen MR) is 85.3 cm³/mol. The van der Waals surface area contributed by atoms with Crippen molar-refractivity contribution in [3.8, 4) is 0 Å². The lowest BCUT2D eigenvalue weighted by Crippen LogP contribution is -2.32. The van der Waals surface area contributed by atoms with Gasteiger partial charge < -0.3 is 15.0 Å². The number of nitrogens with one attached hydrogen (secondary N) is 2. The number of carbonyl (C=O) groups excluding carboxylic acids is 1. The molecule has 118 valence electrons. The van der Waals surface area contributed by atoms with Crippen molar-refractivity contribution >= 4 is 32.8 Å².